The van der Waals surface area contributed by atoms with Gasteiger partial charge in [0.2, 0.25) is 5.91 Å². The summed E-state index contributed by atoms with van der Waals surface area (Å²) in [5.41, 5.74) is 3.78. The Morgan fingerprint density at radius 2 is 1.87 bits per heavy atom. The first-order valence-corrected chi connectivity index (χ1v) is 11.4. The molecular formula is C25H34N4O. The number of likely N-dealkylation sites (tertiary alicyclic amines) is 2. The SMILES string of the molecule is Cc1ccc(CN2CCC(N3CCCC(C(=O)NCc4cccnc4)C3)CC2)cc1. The summed E-state index contributed by atoms with van der Waals surface area (Å²) in [7, 11) is 0. The van der Waals surface area contributed by atoms with Crippen molar-refractivity contribution in [1.29, 1.82) is 0 Å². The van der Waals surface area contributed by atoms with Crippen molar-refractivity contribution in [1.82, 2.24) is 20.1 Å². The lowest BCUT2D eigenvalue weighted by Gasteiger charge is -2.42. The molecule has 0 bridgehead atoms. The van der Waals surface area contributed by atoms with Gasteiger partial charge in [0.1, 0.15) is 0 Å². The predicted molar refractivity (Wildman–Crippen MR) is 120 cm³/mol. The number of pyridine rings is 1. The number of hydrogen-bond donors (Lipinski definition) is 1. The molecule has 160 valence electrons. The fraction of sp³-hybridized carbons (Fsp3) is 0.520. The molecule has 1 unspecified atom stereocenters. The summed E-state index contributed by atoms with van der Waals surface area (Å²) < 4.78 is 0. The van der Waals surface area contributed by atoms with E-state index >= 15 is 0 Å². The molecule has 1 aromatic heterocycles. The second-order valence-corrected chi connectivity index (χ2v) is 8.91. The molecule has 2 aromatic rings. The van der Waals surface area contributed by atoms with Gasteiger partial charge in [-0.1, -0.05) is 35.9 Å². The van der Waals surface area contributed by atoms with Crippen LogP contribution in [0.3, 0.4) is 0 Å². The molecule has 1 amide bonds. The summed E-state index contributed by atoms with van der Waals surface area (Å²) in [6, 6.07) is 13.4. The molecule has 30 heavy (non-hydrogen) atoms. The highest BCUT2D eigenvalue weighted by Gasteiger charge is 2.31. The number of nitrogens with one attached hydrogen (secondary N) is 1. The highest BCUT2D eigenvalue weighted by atomic mass is 16.1. The normalized spacial score (nSPS) is 21.4. The molecule has 0 saturated carbocycles. The minimum atomic E-state index is 0.112. The Kier molecular flexibility index (Phi) is 7.13. The zero-order chi connectivity index (χ0) is 20.8. The van der Waals surface area contributed by atoms with Crippen LogP contribution in [0.15, 0.2) is 48.8 Å². The lowest BCUT2D eigenvalue weighted by Crippen LogP contribution is -2.50. The zero-order valence-electron chi connectivity index (χ0n) is 18.1. The largest absolute Gasteiger partial charge is 0.352 e. The molecule has 1 N–H and O–H groups in total. The Morgan fingerprint density at radius 1 is 1.07 bits per heavy atom. The number of aromatic nitrogens is 1. The molecule has 1 atom stereocenters. The van der Waals surface area contributed by atoms with Gasteiger partial charge in [-0.05, 0) is 69.4 Å². The van der Waals surface area contributed by atoms with Gasteiger partial charge in [-0.2, -0.15) is 0 Å². The Morgan fingerprint density at radius 3 is 2.60 bits per heavy atom. The Bertz CT molecular complexity index is 800. The van der Waals surface area contributed by atoms with E-state index in [4.69, 9.17) is 0 Å². The van der Waals surface area contributed by atoms with Gasteiger partial charge in [0.15, 0.2) is 0 Å². The van der Waals surface area contributed by atoms with E-state index in [0.29, 0.717) is 12.6 Å². The van der Waals surface area contributed by atoms with Crippen molar-refractivity contribution >= 4 is 5.91 Å². The minimum absolute atomic E-state index is 0.112. The van der Waals surface area contributed by atoms with Gasteiger partial charge >= 0.3 is 0 Å². The molecule has 2 fully saturated rings. The van der Waals surface area contributed by atoms with Crippen LogP contribution >= 0.6 is 0 Å². The van der Waals surface area contributed by atoms with Gasteiger partial charge < -0.3 is 5.32 Å². The van der Waals surface area contributed by atoms with Crippen molar-refractivity contribution in [2.24, 2.45) is 5.92 Å². The Hall–Kier alpha value is -2.24. The summed E-state index contributed by atoms with van der Waals surface area (Å²) in [4.78, 5) is 22.0. The topological polar surface area (TPSA) is 48.5 Å². The number of hydrogen-bond acceptors (Lipinski definition) is 4. The highest BCUT2D eigenvalue weighted by molar-refractivity contribution is 5.78. The van der Waals surface area contributed by atoms with Crippen LogP contribution in [0.4, 0.5) is 0 Å². The molecule has 2 saturated heterocycles. The molecule has 0 aliphatic carbocycles. The number of nitrogens with zero attached hydrogens (tertiary/aromatic N) is 3. The van der Waals surface area contributed by atoms with Crippen LogP contribution in [-0.2, 0) is 17.9 Å². The van der Waals surface area contributed by atoms with E-state index in [1.807, 2.05) is 18.3 Å². The summed E-state index contributed by atoms with van der Waals surface area (Å²) in [6.07, 6.45) is 8.11. The second-order valence-electron chi connectivity index (χ2n) is 8.91. The van der Waals surface area contributed by atoms with Gasteiger partial charge in [0.25, 0.3) is 0 Å². The van der Waals surface area contributed by atoms with Gasteiger partial charge in [-0.25, -0.2) is 0 Å². The van der Waals surface area contributed by atoms with Crippen LogP contribution in [0.1, 0.15) is 42.4 Å². The average molecular weight is 407 g/mol. The van der Waals surface area contributed by atoms with Gasteiger partial charge in [-0.15, -0.1) is 0 Å². The second kappa shape index (κ2) is 10.2. The summed E-state index contributed by atoms with van der Waals surface area (Å²) in [5.74, 6) is 0.307. The van der Waals surface area contributed by atoms with Crippen LogP contribution in [0, 0.1) is 12.8 Å². The molecular weight excluding hydrogens is 372 g/mol. The third-order valence-corrected chi connectivity index (χ3v) is 6.61. The highest BCUT2D eigenvalue weighted by Crippen LogP contribution is 2.25. The van der Waals surface area contributed by atoms with E-state index in [1.54, 1.807) is 6.20 Å². The molecule has 5 heteroatoms. The smallest absolute Gasteiger partial charge is 0.224 e. The van der Waals surface area contributed by atoms with Gasteiger partial charge in [0, 0.05) is 38.1 Å². The molecule has 3 heterocycles. The van der Waals surface area contributed by atoms with Crippen LogP contribution < -0.4 is 5.32 Å². The van der Waals surface area contributed by atoms with Crippen LogP contribution in [0.25, 0.3) is 0 Å². The lowest BCUT2D eigenvalue weighted by atomic mass is 9.93. The molecule has 2 aliphatic heterocycles. The predicted octanol–water partition coefficient (Wildman–Crippen LogP) is 3.38. The number of amides is 1. The maximum atomic E-state index is 12.7. The molecule has 4 rings (SSSR count). The first-order chi connectivity index (χ1) is 14.7. The minimum Gasteiger partial charge on any atom is -0.352 e. The molecule has 2 aliphatic rings. The quantitative estimate of drug-likeness (QED) is 0.799. The van der Waals surface area contributed by atoms with E-state index in [1.165, 1.54) is 24.0 Å². The zero-order valence-corrected chi connectivity index (χ0v) is 18.1. The van der Waals surface area contributed by atoms with Crippen molar-refractivity contribution in [3.8, 4) is 0 Å². The maximum Gasteiger partial charge on any atom is 0.224 e. The monoisotopic (exact) mass is 406 g/mol. The van der Waals surface area contributed by atoms with Crippen LogP contribution in [0.2, 0.25) is 0 Å². The summed E-state index contributed by atoms with van der Waals surface area (Å²) in [6.45, 7) is 8.09. The Balaban J connectivity index is 1.23. The number of rotatable bonds is 6. The number of carbonyl (C=O) groups excluding carboxylic acids is 1. The van der Waals surface area contributed by atoms with Crippen molar-refractivity contribution in [3.05, 3.63) is 65.5 Å². The van der Waals surface area contributed by atoms with Crippen molar-refractivity contribution in [2.45, 2.75) is 51.7 Å². The standard InChI is InChI=1S/C25H34N4O/c1-20-6-8-21(9-7-20)18-28-14-10-24(11-15-28)29-13-3-5-23(19-29)25(30)27-17-22-4-2-12-26-16-22/h2,4,6-9,12,16,23-24H,3,5,10-11,13-15,17-19H2,1H3,(H,27,30). The van der Waals surface area contributed by atoms with E-state index < -0.39 is 0 Å². The first-order valence-electron chi connectivity index (χ1n) is 11.4. The summed E-state index contributed by atoms with van der Waals surface area (Å²) in [5, 5.41) is 3.12. The molecule has 0 radical (unpaired) electrons. The fourth-order valence-corrected chi connectivity index (χ4v) is 4.78. The van der Waals surface area contributed by atoms with E-state index in [0.717, 1.165) is 51.1 Å². The first kappa shape index (κ1) is 21.0. The van der Waals surface area contributed by atoms with E-state index in [9.17, 15) is 4.79 Å². The van der Waals surface area contributed by atoms with Crippen LogP contribution in [0.5, 0.6) is 0 Å². The number of carbonyl (C=O) groups is 1. The Labute approximate surface area is 180 Å². The van der Waals surface area contributed by atoms with Crippen LogP contribution in [-0.4, -0.2) is 52.9 Å². The van der Waals surface area contributed by atoms with Gasteiger partial charge in [0.05, 0.1) is 5.92 Å². The number of benzene rings is 1. The third-order valence-electron chi connectivity index (χ3n) is 6.61. The van der Waals surface area contributed by atoms with E-state index in [-0.39, 0.29) is 11.8 Å². The van der Waals surface area contributed by atoms with Crippen molar-refractivity contribution in [3.63, 3.8) is 0 Å². The lowest BCUT2D eigenvalue weighted by molar-refractivity contribution is -0.127. The number of piperidine rings is 2. The molecule has 0 spiro atoms. The van der Waals surface area contributed by atoms with Gasteiger partial charge in [-0.3, -0.25) is 19.6 Å². The fourth-order valence-electron chi connectivity index (χ4n) is 4.78. The third kappa shape index (κ3) is 5.67. The van der Waals surface area contributed by atoms with Crippen molar-refractivity contribution < 1.29 is 4.79 Å². The molecule has 5 nitrogen and oxygen atoms in total. The average Bonchev–Trinajstić information content (AvgIpc) is 2.80. The number of aryl methyl sites for hydroxylation is 1. The van der Waals surface area contributed by atoms with E-state index in [2.05, 4.69) is 51.3 Å². The molecule has 1 aromatic carbocycles. The van der Waals surface area contributed by atoms with Crippen molar-refractivity contribution in [2.75, 3.05) is 26.2 Å². The maximum absolute atomic E-state index is 12.7. The summed E-state index contributed by atoms with van der Waals surface area (Å²) >= 11 is 0.